The number of methoxy groups -OCH3 is 2. The molecule has 1 rings (SSSR count). The van der Waals surface area contributed by atoms with E-state index in [4.69, 9.17) is 9.47 Å². The van der Waals surface area contributed by atoms with E-state index >= 15 is 0 Å². The Balaban J connectivity index is 2.59. The second kappa shape index (κ2) is 6.75. The Morgan fingerprint density at radius 1 is 1.29 bits per heavy atom. The molecular formula is C12H16O5. The van der Waals surface area contributed by atoms with Crippen molar-refractivity contribution in [3.8, 4) is 11.5 Å². The first-order valence-corrected chi connectivity index (χ1v) is 5.22. The molecule has 17 heavy (non-hydrogen) atoms. The lowest BCUT2D eigenvalue weighted by Gasteiger charge is -2.08. The Bertz CT molecular complexity index is 375. The molecular weight excluding hydrogens is 224 g/mol. The average molecular weight is 240 g/mol. The number of benzene rings is 1. The van der Waals surface area contributed by atoms with E-state index in [1.54, 1.807) is 13.2 Å². The minimum absolute atomic E-state index is 0.122. The molecule has 94 valence electrons. The van der Waals surface area contributed by atoms with Crippen LogP contribution in [0, 0.1) is 0 Å². The Hall–Kier alpha value is -1.75. The van der Waals surface area contributed by atoms with E-state index in [0.717, 1.165) is 6.42 Å². The highest BCUT2D eigenvalue weighted by molar-refractivity contribution is 5.92. The molecule has 0 unspecified atom stereocenters. The molecule has 0 aliphatic carbocycles. The summed E-state index contributed by atoms with van der Waals surface area (Å²) in [6.45, 7) is 1.11. The molecule has 0 aromatic heterocycles. The normalized spacial score (nSPS) is 10.0. The maximum absolute atomic E-state index is 11.2. The van der Waals surface area contributed by atoms with Gasteiger partial charge in [0.1, 0.15) is 17.1 Å². The van der Waals surface area contributed by atoms with Crippen LogP contribution in [0.15, 0.2) is 18.2 Å². The van der Waals surface area contributed by atoms with Gasteiger partial charge in [-0.3, -0.25) is 0 Å². The van der Waals surface area contributed by atoms with Crippen LogP contribution < -0.4 is 4.74 Å². The third-order valence-corrected chi connectivity index (χ3v) is 2.14. The number of hydrogen-bond acceptors (Lipinski definition) is 5. The second-order valence-electron chi connectivity index (χ2n) is 3.37. The second-order valence-corrected chi connectivity index (χ2v) is 3.37. The van der Waals surface area contributed by atoms with Crippen molar-refractivity contribution in [2.24, 2.45) is 0 Å². The van der Waals surface area contributed by atoms with E-state index in [0.29, 0.717) is 19.0 Å². The number of aromatic hydroxyl groups is 1. The molecule has 1 aromatic rings. The summed E-state index contributed by atoms with van der Waals surface area (Å²) in [6, 6.07) is 4.46. The molecule has 0 atom stereocenters. The van der Waals surface area contributed by atoms with Gasteiger partial charge in [0.15, 0.2) is 0 Å². The number of carbonyl (C=O) groups excluding carboxylic acids is 1. The van der Waals surface area contributed by atoms with Gasteiger partial charge in [-0.15, -0.1) is 0 Å². The summed E-state index contributed by atoms with van der Waals surface area (Å²) in [6.07, 6.45) is 0.760. The van der Waals surface area contributed by atoms with Gasteiger partial charge in [-0.2, -0.15) is 0 Å². The summed E-state index contributed by atoms with van der Waals surface area (Å²) in [5.74, 6) is -0.221. The highest BCUT2D eigenvalue weighted by Gasteiger charge is 2.11. The van der Waals surface area contributed by atoms with E-state index < -0.39 is 5.97 Å². The lowest BCUT2D eigenvalue weighted by Crippen LogP contribution is -2.03. The molecule has 1 N–H and O–H groups in total. The van der Waals surface area contributed by atoms with Crippen LogP contribution in [0.1, 0.15) is 16.8 Å². The topological polar surface area (TPSA) is 65.0 Å². The number of esters is 1. The van der Waals surface area contributed by atoms with Crippen LogP contribution in [-0.2, 0) is 9.47 Å². The van der Waals surface area contributed by atoms with Crippen molar-refractivity contribution >= 4 is 5.97 Å². The number of ether oxygens (including phenoxy) is 3. The summed E-state index contributed by atoms with van der Waals surface area (Å²) in [4.78, 5) is 11.2. The largest absolute Gasteiger partial charge is 0.507 e. The van der Waals surface area contributed by atoms with Crippen LogP contribution in [0.4, 0.5) is 0 Å². The molecule has 0 saturated heterocycles. The fraction of sp³-hybridized carbons (Fsp3) is 0.417. The van der Waals surface area contributed by atoms with Crippen LogP contribution in [-0.4, -0.2) is 38.5 Å². The molecule has 1 aromatic carbocycles. The maximum Gasteiger partial charge on any atom is 0.341 e. The number of phenolic OH excluding ortho intramolecular Hbond substituents is 1. The van der Waals surface area contributed by atoms with Crippen molar-refractivity contribution in [2.45, 2.75) is 6.42 Å². The Morgan fingerprint density at radius 2 is 2.06 bits per heavy atom. The Morgan fingerprint density at radius 3 is 2.65 bits per heavy atom. The van der Waals surface area contributed by atoms with E-state index in [9.17, 15) is 9.90 Å². The zero-order chi connectivity index (χ0) is 12.7. The van der Waals surface area contributed by atoms with Gasteiger partial charge in [-0.05, 0) is 12.1 Å². The monoisotopic (exact) mass is 240 g/mol. The summed E-state index contributed by atoms with van der Waals surface area (Å²) >= 11 is 0. The molecule has 5 nitrogen and oxygen atoms in total. The molecule has 0 radical (unpaired) electrons. The predicted molar refractivity (Wildman–Crippen MR) is 61.4 cm³/mol. The molecule has 0 amide bonds. The van der Waals surface area contributed by atoms with Crippen LogP contribution in [0.2, 0.25) is 0 Å². The van der Waals surface area contributed by atoms with Crippen LogP contribution >= 0.6 is 0 Å². The zero-order valence-electron chi connectivity index (χ0n) is 9.93. The van der Waals surface area contributed by atoms with Crippen LogP contribution in [0.5, 0.6) is 11.5 Å². The number of phenols is 1. The lowest BCUT2D eigenvalue weighted by atomic mass is 10.2. The maximum atomic E-state index is 11.2. The van der Waals surface area contributed by atoms with Gasteiger partial charge in [0, 0.05) is 26.2 Å². The van der Waals surface area contributed by atoms with Crippen molar-refractivity contribution in [1.29, 1.82) is 0 Å². The Kier molecular flexibility index (Phi) is 5.29. The van der Waals surface area contributed by atoms with Crippen LogP contribution in [0.25, 0.3) is 0 Å². The smallest absolute Gasteiger partial charge is 0.341 e. The van der Waals surface area contributed by atoms with Gasteiger partial charge in [-0.25, -0.2) is 4.79 Å². The summed E-state index contributed by atoms with van der Waals surface area (Å²) in [7, 11) is 2.88. The van der Waals surface area contributed by atoms with Gasteiger partial charge in [0.25, 0.3) is 0 Å². The average Bonchev–Trinajstić information content (AvgIpc) is 2.34. The van der Waals surface area contributed by atoms with Gasteiger partial charge in [0.05, 0.1) is 13.7 Å². The van der Waals surface area contributed by atoms with E-state index in [-0.39, 0.29) is 11.3 Å². The van der Waals surface area contributed by atoms with Crippen molar-refractivity contribution < 1.29 is 24.1 Å². The van der Waals surface area contributed by atoms with Gasteiger partial charge in [0.2, 0.25) is 0 Å². The number of hydrogen-bond donors (Lipinski definition) is 1. The first-order valence-electron chi connectivity index (χ1n) is 5.22. The van der Waals surface area contributed by atoms with Crippen molar-refractivity contribution in [3.63, 3.8) is 0 Å². The molecule has 0 saturated carbocycles. The van der Waals surface area contributed by atoms with Gasteiger partial charge in [-0.1, -0.05) is 0 Å². The quantitative estimate of drug-likeness (QED) is 0.604. The molecule has 0 spiro atoms. The predicted octanol–water partition coefficient (Wildman–Crippen LogP) is 1.59. The SMILES string of the molecule is COCCCOc1ccc(C(=O)OC)c(O)c1. The van der Waals surface area contributed by atoms with Gasteiger partial charge >= 0.3 is 5.97 Å². The minimum atomic E-state index is -0.576. The van der Waals surface area contributed by atoms with Crippen LogP contribution in [0.3, 0.4) is 0 Å². The number of rotatable bonds is 6. The molecule has 0 bridgehead atoms. The van der Waals surface area contributed by atoms with E-state index in [1.807, 2.05) is 0 Å². The summed E-state index contributed by atoms with van der Waals surface area (Å²) in [5, 5.41) is 9.59. The third kappa shape index (κ3) is 3.96. The first-order chi connectivity index (χ1) is 8.19. The summed E-state index contributed by atoms with van der Waals surface area (Å²) < 4.78 is 14.8. The van der Waals surface area contributed by atoms with E-state index in [1.165, 1.54) is 19.2 Å². The molecule has 0 aliphatic rings. The fourth-order valence-corrected chi connectivity index (χ4v) is 1.28. The molecule has 0 heterocycles. The first kappa shape index (κ1) is 13.3. The third-order valence-electron chi connectivity index (χ3n) is 2.14. The van der Waals surface area contributed by atoms with Crippen molar-refractivity contribution in [1.82, 2.24) is 0 Å². The fourth-order valence-electron chi connectivity index (χ4n) is 1.28. The summed E-state index contributed by atoms with van der Waals surface area (Å²) in [5.41, 5.74) is 0.122. The minimum Gasteiger partial charge on any atom is -0.507 e. The standard InChI is InChI=1S/C12H16O5/c1-15-6-3-7-17-9-4-5-10(11(13)8-9)12(14)16-2/h4-5,8,13H,3,6-7H2,1-2H3. The highest BCUT2D eigenvalue weighted by Crippen LogP contribution is 2.24. The zero-order valence-corrected chi connectivity index (χ0v) is 9.93. The Labute approximate surface area is 99.9 Å². The number of carbonyl (C=O) groups is 1. The lowest BCUT2D eigenvalue weighted by molar-refractivity contribution is 0.0597. The van der Waals surface area contributed by atoms with Crippen molar-refractivity contribution in [2.75, 3.05) is 27.4 Å². The van der Waals surface area contributed by atoms with Crippen molar-refractivity contribution in [3.05, 3.63) is 23.8 Å². The molecule has 0 fully saturated rings. The van der Waals surface area contributed by atoms with E-state index in [2.05, 4.69) is 4.74 Å². The molecule has 5 heteroatoms. The highest BCUT2D eigenvalue weighted by atomic mass is 16.5. The van der Waals surface area contributed by atoms with Gasteiger partial charge < -0.3 is 19.3 Å². The molecule has 0 aliphatic heterocycles.